The molecule has 2 aromatic heterocycles. The Morgan fingerprint density at radius 2 is 1.88 bits per heavy atom. The average Bonchev–Trinajstić information content (AvgIpc) is 3.54. The molecule has 2 aromatic carbocycles. The van der Waals surface area contributed by atoms with E-state index in [1.54, 1.807) is 10.9 Å². The van der Waals surface area contributed by atoms with Crippen molar-refractivity contribution >= 4 is 10.9 Å². The minimum Gasteiger partial charge on any atom is -0.361 e. The lowest BCUT2D eigenvalue weighted by Crippen LogP contribution is -2.04. The van der Waals surface area contributed by atoms with Crippen molar-refractivity contribution < 1.29 is 13.3 Å². The molecular formula is C23H14F2N6O. The molecule has 0 amide bonds. The number of hydrogen-bond donors (Lipinski definition) is 1. The number of imidazole rings is 1. The van der Waals surface area contributed by atoms with Gasteiger partial charge in [-0.05, 0) is 29.7 Å². The first-order valence-electron chi connectivity index (χ1n) is 9.82. The SMILES string of the molecule is Fc1cccc(-c2nc3cnn(Cc4cc(-c5ccc6cc[nH]c6c5)no4)cc-3n2)c1F. The van der Waals surface area contributed by atoms with Gasteiger partial charge in [0, 0.05) is 23.3 Å². The predicted octanol–water partition coefficient (Wildman–Crippen LogP) is 4.91. The standard InChI is InChI=1S/C23H14F2N6O/c24-17-3-1-2-16(22(17)25)23-28-20-10-27-31(12-21(20)29-23)11-15-9-19(30-32-15)14-5-4-13-6-7-26-18(13)8-14/h1-10,12,26H,11H2. The van der Waals surface area contributed by atoms with Crippen LogP contribution in [-0.2, 0) is 6.54 Å². The topological polar surface area (TPSA) is 85.4 Å². The van der Waals surface area contributed by atoms with Crippen molar-refractivity contribution in [3.63, 3.8) is 0 Å². The van der Waals surface area contributed by atoms with Gasteiger partial charge in [-0.2, -0.15) is 5.10 Å². The number of nitrogens with zero attached hydrogens (tertiary/aromatic N) is 5. The lowest BCUT2D eigenvalue weighted by molar-refractivity contribution is 0.372. The smallest absolute Gasteiger partial charge is 0.169 e. The first kappa shape index (κ1) is 18.4. The molecule has 32 heavy (non-hydrogen) atoms. The maximum atomic E-state index is 14.1. The number of H-pyrrole nitrogens is 1. The Labute approximate surface area is 179 Å². The van der Waals surface area contributed by atoms with Gasteiger partial charge in [-0.1, -0.05) is 23.4 Å². The highest BCUT2D eigenvalue weighted by Gasteiger charge is 2.18. The lowest BCUT2D eigenvalue weighted by atomic mass is 10.1. The highest BCUT2D eigenvalue weighted by molar-refractivity contribution is 5.84. The van der Waals surface area contributed by atoms with E-state index in [1.807, 2.05) is 36.5 Å². The summed E-state index contributed by atoms with van der Waals surface area (Å²) in [6.07, 6.45) is 5.09. The van der Waals surface area contributed by atoms with Crippen LogP contribution in [0.15, 0.2) is 71.6 Å². The molecule has 0 unspecified atom stereocenters. The Bertz CT molecular complexity index is 1550. The summed E-state index contributed by atoms with van der Waals surface area (Å²) in [4.78, 5) is 11.8. The maximum absolute atomic E-state index is 14.1. The predicted molar refractivity (Wildman–Crippen MR) is 113 cm³/mol. The third-order valence-electron chi connectivity index (χ3n) is 5.23. The second-order valence-corrected chi connectivity index (χ2v) is 7.35. The minimum atomic E-state index is -0.977. The molecule has 0 radical (unpaired) electrons. The van der Waals surface area contributed by atoms with Crippen LogP contribution in [0.4, 0.5) is 8.78 Å². The molecule has 9 heteroatoms. The average molecular weight is 428 g/mol. The van der Waals surface area contributed by atoms with Crippen molar-refractivity contribution in [2.45, 2.75) is 6.54 Å². The summed E-state index contributed by atoms with van der Waals surface area (Å²) in [6.45, 7) is 0.324. The zero-order valence-corrected chi connectivity index (χ0v) is 16.5. The van der Waals surface area contributed by atoms with Gasteiger partial charge in [0.25, 0.3) is 0 Å². The minimum absolute atomic E-state index is 0.00617. The fourth-order valence-corrected chi connectivity index (χ4v) is 3.63. The van der Waals surface area contributed by atoms with Gasteiger partial charge in [0.2, 0.25) is 0 Å². The zero-order valence-electron chi connectivity index (χ0n) is 16.5. The fraction of sp³-hybridized carbons (Fsp3) is 0.0435. The molecule has 2 aliphatic heterocycles. The van der Waals surface area contributed by atoms with E-state index in [0.29, 0.717) is 23.7 Å². The van der Waals surface area contributed by atoms with Crippen molar-refractivity contribution in [1.82, 2.24) is 29.9 Å². The number of halogens is 2. The summed E-state index contributed by atoms with van der Waals surface area (Å²) in [7, 11) is 0. The molecule has 0 saturated heterocycles. The van der Waals surface area contributed by atoms with E-state index in [-0.39, 0.29) is 11.4 Å². The van der Waals surface area contributed by atoms with Crippen LogP contribution in [-0.4, -0.2) is 29.9 Å². The lowest BCUT2D eigenvalue weighted by Gasteiger charge is -2.03. The second-order valence-electron chi connectivity index (χ2n) is 7.35. The summed E-state index contributed by atoms with van der Waals surface area (Å²) in [5.41, 5.74) is 3.68. The number of aromatic nitrogens is 6. The third-order valence-corrected chi connectivity index (χ3v) is 5.23. The Hall–Kier alpha value is -4.40. The molecule has 0 atom stereocenters. The van der Waals surface area contributed by atoms with Crippen LogP contribution in [0.1, 0.15) is 5.76 Å². The van der Waals surface area contributed by atoms with Gasteiger partial charge < -0.3 is 9.51 Å². The van der Waals surface area contributed by atoms with Gasteiger partial charge in [0.05, 0.1) is 18.0 Å². The Kier molecular flexibility index (Phi) is 4.07. The first-order chi connectivity index (χ1) is 15.6. The Balaban J connectivity index is 1.28. The molecule has 0 spiro atoms. The molecule has 4 aromatic rings. The number of aromatic amines is 1. The van der Waals surface area contributed by atoms with Gasteiger partial charge in [-0.25, -0.2) is 18.7 Å². The number of benzene rings is 2. The van der Waals surface area contributed by atoms with Crippen LogP contribution in [0.25, 0.3) is 44.9 Å². The zero-order chi connectivity index (χ0) is 21.7. The fourth-order valence-electron chi connectivity index (χ4n) is 3.63. The van der Waals surface area contributed by atoms with Gasteiger partial charge >= 0.3 is 0 Å². The number of fused-ring (bicyclic) bond motifs is 2. The molecule has 4 heterocycles. The van der Waals surface area contributed by atoms with Gasteiger partial charge in [0.1, 0.15) is 23.6 Å². The van der Waals surface area contributed by atoms with Crippen LogP contribution in [0.2, 0.25) is 0 Å². The number of hydrogen-bond acceptors (Lipinski definition) is 5. The molecule has 1 N–H and O–H groups in total. The molecule has 0 saturated carbocycles. The van der Waals surface area contributed by atoms with E-state index in [0.717, 1.165) is 28.2 Å². The number of rotatable bonds is 4. The monoisotopic (exact) mass is 428 g/mol. The molecule has 0 aliphatic carbocycles. The van der Waals surface area contributed by atoms with Gasteiger partial charge in [-0.3, -0.25) is 4.68 Å². The van der Waals surface area contributed by atoms with Crippen molar-refractivity contribution in [1.29, 1.82) is 0 Å². The second kappa shape index (κ2) is 7.09. The van der Waals surface area contributed by atoms with Crippen LogP contribution in [0.5, 0.6) is 0 Å². The van der Waals surface area contributed by atoms with Gasteiger partial charge in [0.15, 0.2) is 23.2 Å². The number of nitrogens with one attached hydrogen (secondary N) is 1. The largest absolute Gasteiger partial charge is 0.361 e. The highest BCUT2D eigenvalue weighted by atomic mass is 19.2. The van der Waals surface area contributed by atoms with Crippen molar-refractivity contribution in [2.75, 3.05) is 0 Å². The van der Waals surface area contributed by atoms with Crippen molar-refractivity contribution in [3.05, 3.63) is 84.5 Å². The summed E-state index contributed by atoms with van der Waals surface area (Å²) < 4.78 is 34.8. The van der Waals surface area contributed by atoms with Crippen LogP contribution < -0.4 is 0 Å². The Morgan fingerprint density at radius 3 is 2.81 bits per heavy atom. The van der Waals surface area contributed by atoms with E-state index in [4.69, 9.17) is 4.52 Å². The summed E-state index contributed by atoms with van der Waals surface area (Å²) in [5.74, 6) is -1.20. The molecule has 0 fully saturated rings. The summed E-state index contributed by atoms with van der Waals surface area (Å²) in [5, 5.41) is 9.61. The normalized spacial score (nSPS) is 11.6. The highest BCUT2D eigenvalue weighted by Crippen LogP contribution is 2.27. The van der Waals surface area contributed by atoms with Crippen LogP contribution >= 0.6 is 0 Å². The van der Waals surface area contributed by atoms with E-state index in [1.165, 1.54) is 18.3 Å². The van der Waals surface area contributed by atoms with E-state index in [9.17, 15) is 8.78 Å². The molecule has 7 nitrogen and oxygen atoms in total. The van der Waals surface area contributed by atoms with Crippen molar-refractivity contribution in [2.24, 2.45) is 0 Å². The summed E-state index contributed by atoms with van der Waals surface area (Å²) in [6, 6.07) is 13.8. The van der Waals surface area contributed by atoms with E-state index >= 15 is 0 Å². The Morgan fingerprint density at radius 1 is 0.969 bits per heavy atom. The molecule has 0 bridgehead atoms. The third kappa shape index (κ3) is 3.11. The van der Waals surface area contributed by atoms with E-state index in [2.05, 4.69) is 25.2 Å². The van der Waals surface area contributed by atoms with Crippen LogP contribution in [0, 0.1) is 11.6 Å². The maximum Gasteiger partial charge on any atom is 0.169 e. The molecular weight excluding hydrogens is 414 g/mol. The van der Waals surface area contributed by atoms with Crippen molar-refractivity contribution in [3.8, 4) is 34.0 Å². The first-order valence-corrected chi connectivity index (χ1v) is 9.82. The van der Waals surface area contributed by atoms with Crippen LogP contribution in [0.3, 0.4) is 0 Å². The molecule has 6 rings (SSSR count). The molecule has 156 valence electrons. The quantitative estimate of drug-likeness (QED) is 0.431. The van der Waals surface area contributed by atoms with Gasteiger partial charge in [-0.15, -0.1) is 0 Å². The summed E-state index contributed by atoms with van der Waals surface area (Å²) >= 11 is 0. The molecule has 2 aliphatic rings. The van der Waals surface area contributed by atoms with E-state index < -0.39 is 11.6 Å².